The number of halogens is 1. The van der Waals surface area contributed by atoms with Gasteiger partial charge in [0.15, 0.2) is 0 Å². The van der Waals surface area contributed by atoms with Gasteiger partial charge in [0.05, 0.1) is 0 Å². The molecule has 1 unspecified atom stereocenters. The minimum absolute atomic E-state index is 0.0574. The average molecular weight is 428 g/mol. The van der Waals surface area contributed by atoms with Crippen molar-refractivity contribution in [2.45, 2.75) is 31.4 Å². The summed E-state index contributed by atoms with van der Waals surface area (Å²) in [6.07, 6.45) is 1.55. The first-order chi connectivity index (χ1) is 14.3. The molecule has 2 aromatic carbocycles. The molecule has 2 aliphatic heterocycles. The van der Waals surface area contributed by atoms with E-state index in [-0.39, 0.29) is 12.0 Å². The summed E-state index contributed by atoms with van der Waals surface area (Å²) in [4.78, 5) is 38.2. The van der Waals surface area contributed by atoms with E-state index in [1.165, 1.54) is 0 Å². The third kappa shape index (κ3) is 3.98. The Kier molecular flexibility index (Phi) is 5.39. The standard InChI is InChI=1S/C22H22ClN3O4/c1-22(20(28)24-21(29)25-22)15-4-2-14(3-5-15)19(27)26-12-10-18(11-13-26)30-17-8-6-16(23)7-9-17/h2-9,18H,10-13H2,1H3,(H2,24,25,28,29). The Morgan fingerprint density at radius 2 is 1.70 bits per heavy atom. The number of imide groups is 1. The molecule has 2 N–H and O–H groups in total. The Morgan fingerprint density at radius 1 is 1.07 bits per heavy atom. The Morgan fingerprint density at radius 3 is 2.27 bits per heavy atom. The molecule has 2 heterocycles. The number of hydrogen-bond acceptors (Lipinski definition) is 4. The topological polar surface area (TPSA) is 87.7 Å². The molecule has 2 fully saturated rings. The second kappa shape index (κ2) is 7.99. The summed E-state index contributed by atoms with van der Waals surface area (Å²) in [5.41, 5.74) is 0.0392. The van der Waals surface area contributed by atoms with Crippen molar-refractivity contribution >= 4 is 29.4 Å². The molecular weight excluding hydrogens is 406 g/mol. The van der Waals surface area contributed by atoms with Crippen molar-refractivity contribution in [2.24, 2.45) is 0 Å². The van der Waals surface area contributed by atoms with E-state index in [2.05, 4.69) is 10.6 Å². The number of amides is 4. The summed E-state index contributed by atoms with van der Waals surface area (Å²) < 4.78 is 5.98. The number of nitrogens with zero attached hydrogens (tertiary/aromatic N) is 1. The van der Waals surface area contributed by atoms with Crippen LogP contribution in [0.2, 0.25) is 5.02 Å². The van der Waals surface area contributed by atoms with E-state index in [1.54, 1.807) is 43.3 Å². The van der Waals surface area contributed by atoms with E-state index in [0.29, 0.717) is 29.2 Å². The van der Waals surface area contributed by atoms with Crippen LogP contribution in [0.5, 0.6) is 5.75 Å². The molecule has 2 aliphatic rings. The molecule has 0 radical (unpaired) electrons. The summed E-state index contributed by atoms with van der Waals surface area (Å²) in [6.45, 7) is 2.85. The van der Waals surface area contributed by atoms with E-state index in [4.69, 9.17) is 16.3 Å². The summed E-state index contributed by atoms with van der Waals surface area (Å²) >= 11 is 5.90. The first kappa shape index (κ1) is 20.2. The number of piperidine rings is 1. The number of likely N-dealkylation sites (tertiary alicyclic amines) is 1. The number of carbonyl (C=O) groups excluding carboxylic acids is 3. The molecule has 4 rings (SSSR count). The third-order valence-corrected chi connectivity index (χ3v) is 5.85. The maximum absolute atomic E-state index is 12.9. The number of ether oxygens (including phenoxy) is 1. The second-order valence-corrected chi connectivity index (χ2v) is 8.11. The SMILES string of the molecule is CC1(c2ccc(C(=O)N3CCC(Oc4ccc(Cl)cc4)CC3)cc2)NC(=O)NC1=O. The lowest BCUT2D eigenvalue weighted by molar-refractivity contribution is -0.123. The van der Waals surface area contributed by atoms with Gasteiger partial charge in [-0.25, -0.2) is 4.79 Å². The predicted octanol–water partition coefficient (Wildman–Crippen LogP) is 3.08. The third-order valence-electron chi connectivity index (χ3n) is 5.60. The number of nitrogens with one attached hydrogen (secondary N) is 2. The molecule has 4 amide bonds. The van der Waals surface area contributed by atoms with Crippen LogP contribution in [0.1, 0.15) is 35.7 Å². The van der Waals surface area contributed by atoms with Crippen molar-refractivity contribution in [2.75, 3.05) is 13.1 Å². The van der Waals surface area contributed by atoms with Crippen molar-refractivity contribution in [1.82, 2.24) is 15.5 Å². The van der Waals surface area contributed by atoms with Gasteiger partial charge in [0.25, 0.3) is 11.8 Å². The Hall–Kier alpha value is -3.06. The smallest absolute Gasteiger partial charge is 0.322 e. The van der Waals surface area contributed by atoms with Gasteiger partial charge in [-0.15, -0.1) is 0 Å². The lowest BCUT2D eigenvalue weighted by Crippen LogP contribution is -2.42. The van der Waals surface area contributed by atoms with Crippen LogP contribution in [0.15, 0.2) is 48.5 Å². The first-order valence-electron chi connectivity index (χ1n) is 9.81. The van der Waals surface area contributed by atoms with E-state index >= 15 is 0 Å². The van der Waals surface area contributed by atoms with Gasteiger partial charge in [0.2, 0.25) is 0 Å². The Labute approximate surface area is 179 Å². The maximum atomic E-state index is 12.9. The van der Waals surface area contributed by atoms with Crippen LogP contribution in [-0.4, -0.2) is 41.9 Å². The Bertz CT molecular complexity index is 969. The van der Waals surface area contributed by atoms with Crippen LogP contribution in [-0.2, 0) is 10.3 Å². The molecule has 1 atom stereocenters. The number of rotatable bonds is 4. The van der Waals surface area contributed by atoms with Crippen LogP contribution in [0.3, 0.4) is 0 Å². The molecule has 0 aliphatic carbocycles. The fourth-order valence-electron chi connectivity index (χ4n) is 3.76. The lowest BCUT2D eigenvalue weighted by atomic mass is 9.91. The van der Waals surface area contributed by atoms with Crippen LogP contribution in [0, 0.1) is 0 Å². The number of urea groups is 1. The molecule has 0 saturated carbocycles. The van der Waals surface area contributed by atoms with Crippen molar-refractivity contribution in [3.05, 3.63) is 64.7 Å². The summed E-state index contributed by atoms with van der Waals surface area (Å²) in [5.74, 6) is 0.308. The quantitative estimate of drug-likeness (QED) is 0.734. The molecule has 30 heavy (non-hydrogen) atoms. The summed E-state index contributed by atoms with van der Waals surface area (Å²) in [6, 6.07) is 13.5. The minimum Gasteiger partial charge on any atom is -0.490 e. The van der Waals surface area contributed by atoms with Crippen molar-refractivity contribution < 1.29 is 19.1 Å². The largest absolute Gasteiger partial charge is 0.490 e. The van der Waals surface area contributed by atoms with Gasteiger partial charge in [0, 0.05) is 36.5 Å². The average Bonchev–Trinajstić information content (AvgIpc) is 3.02. The molecule has 156 valence electrons. The van der Waals surface area contributed by atoms with Crippen LogP contribution in [0.4, 0.5) is 4.79 Å². The second-order valence-electron chi connectivity index (χ2n) is 7.67. The number of hydrogen-bond donors (Lipinski definition) is 2. The van der Waals surface area contributed by atoms with Crippen molar-refractivity contribution in [3.63, 3.8) is 0 Å². The monoisotopic (exact) mass is 427 g/mol. The zero-order valence-corrected chi connectivity index (χ0v) is 17.2. The lowest BCUT2D eigenvalue weighted by Gasteiger charge is -2.32. The van der Waals surface area contributed by atoms with Gasteiger partial charge in [-0.1, -0.05) is 23.7 Å². The minimum atomic E-state index is -1.13. The predicted molar refractivity (Wildman–Crippen MR) is 111 cm³/mol. The normalized spacial score (nSPS) is 21.9. The Balaban J connectivity index is 1.36. The fraction of sp³-hybridized carbons (Fsp3) is 0.318. The van der Waals surface area contributed by atoms with Gasteiger partial charge in [-0.2, -0.15) is 0 Å². The molecule has 2 aromatic rings. The summed E-state index contributed by atoms with van der Waals surface area (Å²) in [5, 5.41) is 5.52. The first-order valence-corrected chi connectivity index (χ1v) is 10.2. The van der Waals surface area contributed by atoms with E-state index in [1.807, 2.05) is 17.0 Å². The number of carbonyl (C=O) groups is 3. The van der Waals surface area contributed by atoms with E-state index in [0.717, 1.165) is 18.6 Å². The number of benzene rings is 2. The zero-order chi connectivity index (χ0) is 21.3. The summed E-state index contributed by atoms with van der Waals surface area (Å²) in [7, 11) is 0. The zero-order valence-electron chi connectivity index (χ0n) is 16.5. The highest BCUT2D eigenvalue weighted by molar-refractivity contribution is 6.30. The highest BCUT2D eigenvalue weighted by Crippen LogP contribution is 2.26. The van der Waals surface area contributed by atoms with Crippen LogP contribution in [0.25, 0.3) is 0 Å². The van der Waals surface area contributed by atoms with Gasteiger partial charge in [-0.05, 0) is 48.9 Å². The molecule has 8 heteroatoms. The molecular formula is C22H22ClN3O4. The van der Waals surface area contributed by atoms with Crippen LogP contribution >= 0.6 is 11.6 Å². The maximum Gasteiger partial charge on any atom is 0.322 e. The van der Waals surface area contributed by atoms with E-state index < -0.39 is 17.5 Å². The van der Waals surface area contributed by atoms with Crippen LogP contribution < -0.4 is 15.4 Å². The molecule has 0 bridgehead atoms. The van der Waals surface area contributed by atoms with Gasteiger partial charge >= 0.3 is 6.03 Å². The molecule has 0 spiro atoms. The highest BCUT2D eigenvalue weighted by Gasteiger charge is 2.43. The molecule has 0 aromatic heterocycles. The molecule has 2 saturated heterocycles. The van der Waals surface area contributed by atoms with E-state index in [9.17, 15) is 14.4 Å². The molecule has 7 nitrogen and oxygen atoms in total. The highest BCUT2D eigenvalue weighted by atomic mass is 35.5. The fourth-order valence-corrected chi connectivity index (χ4v) is 3.88. The van der Waals surface area contributed by atoms with Crippen molar-refractivity contribution in [1.29, 1.82) is 0 Å². The van der Waals surface area contributed by atoms with Gasteiger partial charge in [0.1, 0.15) is 17.4 Å². The van der Waals surface area contributed by atoms with Gasteiger partial charge in [-0.3, -0.25) is 14.9 Å². The van der Waals surface area contributed by atoms with Gasteiger partial charge < -0.3 is 15.0 Å². The van der Waals surface area contributed by atoms with Crippen molar-refractivity contribution in [3.8, 4) is 5.75 Å².